The number of hydrogen-bond acceptors (Lipinski definition) is 8. The number of nitrogens with two attached hydrogens (primary N) is 1. The van der Waals surface area contributed by atoms with E-state index in [2.05, 4.69) is 33.9 Å². The van der Waals surface area contributed by atoms with Crippen LogP contribution in [0.3, 0.4) is 0 Å². The van der Waals surface area contributed by atoms with E-state index in [4.69, 9.17) is 5.73 Å². The number of thiol groups is 1. The van der Waals surface area contributed by atoms with Crippen molar-refractivity contribution < 1.29 is 24.0 Å². The normalized spacial score (nSPS) is 10.6. The van der Waals surface area contributed by atoms with E-state index < -0.39 is 22.7 Å². The molecular weight excluding hydrogens is 236 g/mol. The fourth-order valence-electron chi connectivity index (χ4n) is 0.480. The molecule has 0 radical (unpaired) electrons. The first-order valence-electron chi connectivity index (χ1n) is 3.75. The molecule has 0 amide bonds. The lowest BCUT2D eigenvalue weighted by atomic mass is 10.3. The first-order valence-corrected chi connectivity index (χ1v) is 4.19. The Hall–Kier alpha value is -2.05. The Labute approximate surface area is 96.0 Å². The molecule has 0 unspecified atom stereocenters. The smallest absolute Gasteiger partial charge is 0.404 e. The highest BCUT2D eigenvalue weighted by Gasteiger charge is 2.20. The summed E-state index contributed by atoms with van der Waals surface area (Å²) in [4.78, 5) is 35.8. The van der Waals surface area contributed by atoms with Gasteiger partial charge in [-0.05, 0) is 6.92 Å². The second kappa shape index (κ2) is 6.44. The molecule has 0 aliphatic heterocycles. The highest BCUT2D eigenvalue weighted by atomic mass is 32.1. The zero-order valence-corrected chi connectivity index (χ0v) is 9.11. The van der Waals surface area contributed by atoms with Gasteiger partial charge >= 0.3 is 11.9 Å². The molecule has 0 spiro atoms. The van der Waals surface area contributed by atoms with Crippen LogP contribution < -0.4 is 5.73 Å². The maximum atomic E-state index is 11.1. The highest BCUT2D eigenvalue weighted by molar-refractivity contribution is 7.84. The van der Waals surface area contributed by atoms with Crippen LogP contribution >= 0.6 is 12.6 Å². The number of esters is 1. The lowest BCUT2D eigenvalue weighted by Gasteiger charge is -2.06. The summed E-state index contributed by atoms with van der Waals surface area (Å²) in [7, 11) is 0. The Morgan fingerprint density at radius 3 is 2.38 bits per heavy atom. The molecule has 0 saturated carbocycles. The molecule has 0 rings (SSSR count). The van der Waals surface area contributed by atoms with Gasteiger partial charge in [-0.3, -0.25) is 4.84 Å². The molecule has 86 valence electrons. The summed E-state index contributed by atoms with van der Waals surface area (Å²) in [5.74, 6) is -2.82. The molecule has 0 aliphatic rings. The van der Waals surface area contributed by atoms with E-state index in [9.17, 15) is 14.4 Å². The van der Waals surface area contributed by atoms with Crippen LogP contribution in [-0.2, 0) is 24.0 Å². The summed E-state index contributed by atoms with van der Waals surface area (Å²) < 4.78 is 4.51. The second-order valence-electron chi connectivity index (χ2n) is 2.45. The number of isocyanates is 1. The van der Waals surface area contributed by atoms with Crippen LogP contribution in [0.25, 0.3) is 0 Å². The van der Waals surface area contributed by atoms with E-state index >= 15 is 0 Å². The monoisotopic (exact) mass is 244 g/mol. The average molecular weight is 244 g/mol. The van der Waals surface area contributed by atoms with Gasteiger partial charge < -0.3 is 10.5 Å². The third-order valence-electron chi connectivity index (χ3n) is 1.13. The number of carbonyl (C=O) groups excluding carboxylic acids is 3. The van der Waals surface area contributed by atoms with Crippen molar-refractivity contribution in [1.29, 1.82) is 0 Å². The largest absolute Gasteiger partial charge is 0.412 e. The minimum absolute atomic E-state index is 0.0405. The minimum Gasteiger partial charge on any atom is -0.412 e. The fourth-order valence-corrected chi connectivity index (χ4v) is 0.617. The number of nitrogens with zero attached hydrogens (tertiary/aromatic N) is 1. The van der Waals surface area contributed by atoms with Crippen LogP contribution in [0.2, 0.25) is 0 Å². The van der Waals surface area contributed by atoms with E-state index in [-0.39, 0.29) is 5.57 Å². The van der Waals surface area contributed by atoms with Crippen molar-refractivity contribution in [1.82, 2.24) is 0 Å². The average Bonchev–Trinajstić information content (AvgIpc) is 2.21. The molecule has 0 bridgehead atoms. The number of rotatable bonds is 4. The molecule has 0 aliphatic carbocycles. The molecule has 8 heteroatoms. The van der Waals surface area contributed by atoms with Crippen molar-refractivity contribution in [3.8, 4) is 0 Å². The van der Waals surface area contributed by atoms with Gasteiger partial charge in [0.2, 0.25) is 5.76 Å². The van der Waals surface area contributed by atoms with E-state index in [0.717, 1.165) is 6.08 Å². The van der Waals surface area contributed by atoms with Crippen molar-refractivity contribution in [3.63, 3.8) is 0 Å². The topological polar surface area (TPSA) is 108 Å². The molecule has 0 atom stereocenters. The van der Waals surface area contributed by atoms with Crippen LogP contribution in [0.5, 0.6) is 0 Å². The van der Waals surface area contributed by atoms with Crippen LogP contribution in [-0.4, -0.2) is 18.0 Å². The van der Waals surface area contributed by atoms with Crippen molar-refractivity contribution in [2.75, 3.05) is 0 Å². The van der Waals surface area contributed by atoms with Crippen molar-refractivity contribution in [2.24, 2.45) is 10.9 Å². The Kier molecular flexibility index (Phi) is 5.61. The Bertz CT molecular complexity index is 405. The van der Waals surface area contributed by atoms with Gasteiger partial charge in [0.1, 0.15) is 5.03 Å². The number of hydrogen-bond donors (Lipinski definition) is 2. The van der Waals surface area contributed by atoms with E-state index in [1.54, 1.807) is 0 Å². The molecule has 0 fully saturated rings. The maximum absolute atomic E-state index is 11.1. The van der Waals surface area contributed by atoms with Crippen LogP contribution in [0.1, 0.15) is 6.92 Å². The van der Waals surface area contributed by atoms with Gasteiger partial charge in [0, 0.05) is 10.7 Å². The van der Waals surface area contributed by atoms with E-state index in [0.29, 0.717) is 0 Å². The zero-order valence-electron chi connectivity index (χ0n) is 8.22. The second-order valence-corrected chi connectivity index (χ2v) is 2.93. The Morgan fingerprint density at radius 2 is 2.00 bits per heavy atom. The first kappa shape index (κ1) is 13.9. The van der Waals surface area contributed by atoms with Gasteiger partial charge in [-0.1, -0.05) is 6.58 Å². The molecule has 0 aromatic heterocycles. The third kappa shape index (κ3) is 4.45. The van der Waals surface area contributed by atoms with E-state index in [1.165, 1.54) is 6.92 Å². The van der Waals surface area contributed by atoms with Crippen molar-refractivity contribution >= 4 is 30.6 Å². The standard InChI is InChI=1S/C8H8N2O5S/c1-4(2)7(12)14-5(6(9)16)8(13)15-10-3-11/h16H,1,9H2,2H3. The van der Waals surface area contributed by atoms with Crippen LogP contribution in [0, 0.1) is 0 Å². The van der Waals surface area contributed by atoms with Crippen LogP contribution in [0.15, 0.2) is 28.1 Å². The maximum Gasteiger partial charge on any atom is 0.404 e. The van der Waals surface area contributed by atoms with Gasteiger partial charge in [-0.25, -0.2) is 14.4 Å². The Balaban J connectivity index is 4.85. The van der Waals surface area contributed by atoms with Gasteiger partial charge in [0.15, 0.2) is 0 Å². The van der Waals surface area contributed by atoms with E-state index in [1.807, 2.05) is 0 Å². The lowest BCUT2D eigenvalue weighted by Crippen LogP contribution is -2.16. The molecule has 2 N–H and O–H groups in total. The number of carbonyl (C=O) groups is 2. The zero-order chi connectivity index (χ0) is 12.7. The molecule has 0 aromatic carbocycles. The molecule has 16 heavy (non-hydrogen) atoms. The number of ether oxygens (including phenoxy) is 1. The molecule has 0 saturated heterocycles. The summed E-state index contributed by atoms with van der Waals surface area (Å²) in [6.07, 6.45) is 0.954. The first-order chi connectivity index (χ1) is 7.40. The predicted octanol–water partition coefficient (Wildman–Crippen LogP) is -0.0427. The van der Waals surface area contributed by atoms with Gasteiger partial charge in [0.25, 0.3) is 6.08 Å². The summed E-state index contributed by atoms with van der Waals surface area (Å²) in [5.41, 5.74) is 5.19. The summed E-state index contributed by atoms with van der Waals surface area (Å²) in [6.45, 7) is 4.65. The predicted molar refractivity (Wildman–Crippen MR) is 55.3 cm³/mol. The Morgan fingerprint density at radius 1 is 1.44 bits per heavy atom. The van der Waals surface area contributed by atoms with Gasteiger partial charge in [0.05, 0.1) is 0 Å². The SMILES string of the molecule is C=C(C)C(=O)OC(C(=O)ON=C=O)=C(N)S. The third-order valence-corrected chi connectivity index (χ3v) is 1.33. The van der Waals surface area contributed by atoms with Gasteiger partial charge in [-0.2, -0.15) is 0 Å². The summed E-state index contributed by atoms with van der Waals surface area (Å²) in [6, 6.07) is 0. The summed E-state index contributed by atoms with van der Waals surface area (Å²) >= 11 is 3.61. The lowest BCUT2D eigenvalue weighted by molar-refractivity contribution is -0.149. The summed E-state index contributed by atoms with van der Waals surface area (Å²) in [5, 5.41) is 2.13. The fraction of sp³-hybridized carbons (Fsp3) is 0.125. The van der Waals surface area contributed by atoms with Crippen molar-refractivity contribution in [3.05, 3.63) is 22.9 Å². The molecule has 0 aromatic rings. The van der Waals surface area contributed by atoms with Crippen LogP contribution in [0.4, 0.5) is 0 Å². The molecule has 7 nitrogen and oxygen atoms in total. The molecule has 0 heterocycles. The quantitative estimate of drug-likeness (QED) is 0.105. The van der Waals surface area contributed by atoms with Gasteiger partial charge in [-0.15, -0.1) is 12.6 Å². The highest BCUT2D eigenvalue weighted by Crippen LogP contribution is 2.10. The minimum atomic E-state index is -1.24. The molecular formula is C8H8N2O5S. The van der Waals surface area contributed by atoms with Crippen molar-refractivity contribution in [2.45, 2.75) is 6.92 Å².